The second kappa shape index (κ2) is 7.47. The number of rotatable bonds is 5. The summed E-state index contributed by atoms with van der Waals surface area (Å²) in [5.41, 5.74) is 4.83. The van der Waals surface area contributed by atoms with Crippen molar-refractivity contribution in [2.45, 2.75) is 51.5 Å². The quantitative estimate of drug-likeness (QED) is 0.823. The Morgan fingerprint density at radius 3 is 2.81 bits per heavy atom. The molecule has 0 unspecified atom stereocenters. The molecule has 4 rings (SSSR count). The third-order valence-corrected chi connectivity index (χ3v) is 5.54. The van der Waals surface area contributed by atoms with E-state index in [4.69, 9.17) is 9.47 Å². The van der Waals surface area contributed by atoms with Gasteiger partial charge in [-0.15, -0.1) is 0 Å². The van der Waals surface area contributed by atoms with Gasteiger partial charge in [-0.25, -0.2) is 0 Å². The van der Waals surface area contributed by atoms with Crippen LogP contribution in [0.1, 0.15) is 35.4 Å². The standard InChI is InChI=1S/C22H28N2O2/c1-17-6-3-4-8-19(17)13-24-15-22(16-24)12-21(10-11-26-22)25-14-20-9-5-7-18(2)23-20/h3-9,21H,10-16H2,1-2H3/t21-/m1/s1. The molecule has 0 radical (unpaired) electrons. The van der Waals surface area contributed by atoms with Gasteiger partial charge in [-0.3, -0.25) is 9.88 Å². The molecule has 26 heavy (non-hydrogen) atoms. The molecule has 2 fully saturated rings. The lowest BCUT2D eigenvalue weighted by atomic mass is 9.84. The summed E-state index contributed by atoms with van der Waals surface area (Å²) in [5, 5.41) is 0. The minimum absolute atomic E-state index is 0.00830. The van der Waals surface area contributed by atoms with Crippen LogP contribution < -0.4 is 0 Å². The SMILES string of the molecule is Cc1cccc(CO[C@@H]2CCOC3(C2)CN(Cc2ccccc2C)C3)n1. The summed E-state index contributed by atoms with van der Waals surface area (Å²) in [6.07, 6.45) is 2.24. The Balaban J connectivity index is 1.28. The molecule has 4 nitrogen and oxygen atoms in total. The molecular weight excluding hydrogens is 324 g/mol. The van der Waals surface area contributed by atoms with Gasteiger partial charge in [-0.05, 0) is 43.5 Å². The highest BCUT2D eigenvalue weighted by molar-refractivity contribution is 5.26. The van der Waals surface area contributed by atoms with Gasteiger partial charge in [0.15, 0.2) is 0 Å². The Labute approximate surface area is 156 Å². The van der Waals surface area contributed by atoms with Crippen LogP contribution in [-0.4, -0.2) is 41.3 Å². The van der Waals surface area contributed by atoms with Crippen LogP contribution in [0.3, 0.4) is 0 Å². The number of ether oxygens (including phenoxy) is 2. The lowest BCUT2D eigenvalue weighted by Crippen LogP contribution is -2.65. The van der Waals surface area contributed by atoms with Crippen molar-refractivity contribution in [1.82, 2.24) is 9.88 Å². The highest BCUT2D eigenvalue weighted by atomic mass is 16.5. The molecule has 1 aromatic heterocycles. The average molecular weight is 352 g/mol. The number of hydrogen-bond donors (Lipinski definition) is 0. The first kappa shape index (κ1) is 17.7. The van der Waals surface area contributed by atoms with E-state index in [0.29, 0.717) is 6.61 Å². The molecule has 0 bridgehead atoms. The van der Waals surface area contributed by atoms with Gasteiger partial charge >= 0.3 is 0 Å². The van der Waals surface area contributed by atoms with E-state index in [1.807, 2.05) is 25.1 Å². The average Bonchev–Trinajstić information content (AvgIpc) is 2.61. The maximum Gasteiger partial charge on any atom is 0.0959 e. The molecule has 2 aliphatic heterocycles. The maximum atomic E-state index is 6.17. The maximum absolute atomic E-state index is 6.17. The largest absolute Gasteiger partial charge is 0.372 e. The van der Waals surface area contributed by atoms with Crippen molar-refractivity contribution in [2.75, 3.05) is 19.7 Å². The highest BCUT2D eigenvalue weighted by Gasteiger charge is 2.47. The van der Waals surface area contributed by atoms with Crippen LogP contribution in [0, 0.1) is 13.8 Å². The number of nitrogens with zero attached hydrogens (tertiary/aromatic N) is 2. The first-order valence-corrected chi connectivity index (χ1v) is 9.57. The lowest BCUT2D eigenvalue weighted by molar-refractivity contribution is -0.200. The Kier molecular flexibility index (Phi) is 5.07. The topological polar surface area (TPSA) is 34.6 Å². The summed E-state index contributed by atoms with van der Waals surface area (Å²) < 4.78 is 12.3. The van der Waals surface area contributed by atoms with Gasteiger partial charge in [-0.1, -0.05) is 30.3 Å². The second-order valence-corrected chi connectivity index (χ2v) is 7.80. The molecule has 0 aliphatic carbocycles. The summed E-state index contributed by atoms with van der Waals surface area (Å²) in [6, 6.07) is 14.7. The highest BCUT2D eigenvalue weighted by Crippen LogP contribution is 2.36. The van der Waals surface area contributed by atoms with E-state index in [9.17, 15) is 0 Å². The van der Waals surface area contributed by atoms with Gasteiger partial charge in [0.25, 0.3) is 0 Å². The van der Waals surface area contributed by atoms with Crippen LogP contribution >= 0.6 is 0 Å². The summed E-state index contributed by atoms with van der Waals surface area (Å²) in [6.45, 7) is 8.61. The Bertz CT molecular complexity index is 755. The number of likely N-dealkylation sites (tertiary alicyclic amines) is 1. The van der Waals surface area contributed by atoms with Crippen molar-refractivity contribution < 1.29 is 9.47 Å². The van der Waals surface area contributed by atoms with Gasteiger partial charge in [0.1, 0.15) is 0 Å². The predicted molar refractivity (Wildman–Crippen MR) is 102 cm³/mol. The van der Waals surface area contributed by atoms with Gasteiger partial charge < -0.3 is 9.47 Å². The van der Waals surface area contributed by atoms with Gasteiger partial charge in [0.05, 0.1) is 24.0 Å². The molecule has 2 aliphatic rings. The molecule has 0 saturated carbocycles. The molecule has 138 valence electrons. The molecule has 1 aromatic carbocycles. The fraction of sp³-hybridized carbons (Fsp3) is 0.500. The minimum Gasteiger partial charge on any atom is -0.372 e. The molecule has 0 N–H and O–H groups in total. The van der Waals surface area contributed by atoms with E-state index in [-0.39, 0.29) is 11.7 Å². The van der Waals surface area contributed by atoms with Gasteiger partial charge in [0, 0.05) is 38.4 Å². The Hall–Kier alpha value is -1.75. The van der Waals surface area contributed by atoms with E-state index in [1.165, 1.54) is 11.1 Å². The fourth-order valence-corrected chi connectivity index (χ4v) is 4.14. The molecule has 2 aromatic rings. The van der Waals surface area contributed by atoms with Crippen LogP contribution in [0.5, 0.6) is 0 Å². The van der Waals surface area contributed by atoms with Gasteiger partial charge in [0.2, 0.25) is 0 Å². The van der Waals surface area contributed by atoms with Crippen LogP contribution in [0.15, 0.2) is 42.5 Å². The molecule has 1 atom stereocenters. The Morgan fingerprint density at radius 2 is 2.00 bits per heavy atom. The van der Waals surface area contributed by atoms with Crippen molar-refractivity contribution in [3.05, 3.63) is 65.0 Å². The van der Waals surface area contributed by atoms with Crippen molar-refractivity contribution >= 4 is 0 Å². The van der Waals surface area contributed by atoms with Crippen LogP contribution in [0.25, 0.3) is 0 Å². The van der Waals surface area contributed by atoms with Crippen LogP contribution in [-0.2, 0) is 22.6 Å². The summed E-state index contributed by atoms with van der Waals surface area (Å²) >= 11 is 0. The first-order valence-electron chi connectivity index (χ1n) is 9.57. The molecule has 3 heterocycles. The normalized spacial score (nSPS) is 22.3. The Morgan fingerprint density at radius 1 is 1.15 bits per heavy atom. The predicted octanol–water partition coefficient (Wildman–Crippen LogP) is 3.65. The third-order valence-electron chi connectivity index (χ3n) is 5.54. The summed E-state index contributed by atoms with van der Waals surface area (Å²) in [5.74, 6) is 0. The van der Waals surface area contributed by atoms with Crippen LogP contribution in [0.2, 0.25) is 0 Å². The zero-order valence-corrected chi connectivity index (χ0v) is 15.8. The summed E-state index contributed by atoms with van der Waals surface area (Å²) in [7, 11) is 0. The number of benzene rings is 1. The molecular formula is C22H28N2O2. The lowest BCUT2D eigenvalue weighted by Gasteiger charge is -2.53. The second-order valence-electron chi connectivity index (χ2n) is 7.80. The van der Waals surface area contributed by atoms with E-state index in [0.717, 1.165) is 50.5 Å². The first-order chi connectivity index (χ1) is 12.6. The zero-order chi connectivity index (χ0) is 18.0. The van der Waals surface area contributed by atoms with E-state index >= 15 is 0 Å². The summed E-state index contributed by atoms with van der Waals surface area (Å²) in [4.78, 5) is 7.01. The molecule has 4 heteroatoms. The number of pyridine rings is 1. The molecule has 0 amide bonds. The fourth-order valence-electron chi connectivity index (χ4n) is 4.14. The number of hydrogen-bond acceptors (Lipinski definition) is 4. The molecule has 1 spiro atoms. The molecule has 2 saturated heterocycles. The minimum atomic E-state index is -0.00830. The number of aryl methyl sites for hydroxylation is 2. The zero-order valence-electron chi connectivity index (χ0n) is 15.8. The van der Waals surface area contributed by atoms with E-state index in [2.05, 4.69) is 41.1 Å². The van der Waals surface area contributed by atoms with E-state index in [1.54, 1.807) is 0 Å². The van der Waals surface area contributed by atoms with Crippen molar-refractivity contribution in [1.29, 1.82) is 0 Å². The van der Waals surface area contributed by atoms with Gasteiger partial charge in [-0.2, -0.15) is 0 Å². The van der Waals surface area contributed by atoms with E-state index < -0.39 is 0 Å². The third kappa shape index (κ3) is 3.98. The monoisotopic (exact) mass is 352 g/mol. The van der Waals surface area contributed by atoms with Crippen molar-refractivity contribution in [2.24, 2.45) is 0 Å². The van der Waals surface area contributed by atoms with Crippen LogP contribution in [0.4, 0.5) is 0 Å². The van der Waals surface area contributed by atoms with Crippen molar-refractivity contribution in [3.63, 3.8) is 0 Å². The van der Waals surface area contributed by atoms with Crippen molar-refractivity contribution in [3.8, 4) is 0 Å². The smallest absolute Gasteiger partial charge is 0.0959 e. The number of aromatic nitrogens is 1.